The minimum atomic E-state index is -0.181. The van der Waals surface area contributed by atoms with E-state index in [1.807, 2.05) is 42.5 Å². The molecule has 1 aliphatic carbocycles. The predicted molar refractivity (Wildman–Crippen MR) is 129 cm³/mol. The molecule has 1 fully saturated rings. The summed E-state index contributed by atoms with van der Waals surface area (Å²) in [6, 6.07) is 12.0. The van der Waals surface area contributed by atoms with E-state index in [1.54, 1.807) is 0 Å². The number of hydrogen-bond acceptors (Lipinski definition) is 5. The molecule has 31 heavy (non-hydrogen) atoms. The van der Waals surface area contributed by atoms with Crippen molar-refractivity contribution < 1.29 is 4.79 Å². The lowest BCUT2D eigenvalue weighted by molar-refractivity contribution is -0.116. The number of carbonyl (C=O) groups is 1. The van der Waals surface area contributed by atoms with Gasteiger partial charge in [0.15, 0.2) is 0 Å². The van der Waals surface area contributed by atoms with Gasteiger partial charge >= 0.3 is 0 Å². The number of piperazine rings is 1. The van der Waals surface area contributed by atoms with Gasteiger partial charge in [-0.05, 0) is 50.2 Å². The Kier molecular flexibility index (Phi) is 6.59. The van der Waals surface area contributed by atoms with Crippen molar-refractivity contribution >= 4 is 35.6 Å². The summed E-state index contributed by atoms with van der Waals surface area (Å²) in [4.78, 5) is 23.8. The first-order valence-electron chi connectivity index (χ1n) is 10.6. The smallest absolute Gasteiger partial charge is 0.261 e. The van der Waals surface area contributed by atoms with Crippen LogP contribution in [0.15, 0.2) is 64.6 Å². The van der Waals surface area contributed by atoms with Crippen molar-refractivity contribution in [1.82, 2.24) is 15.2 Å². The molecular weight excluding hydrogens is 404 g/mol. The highest BCUT2D eigenvalue weighted by Gasteiger charge is 2.16. The summed E-state index contributed by atoms with van der Waals surface area (Å²) in [5, 5.41) is 5.05. The van der Waals surface area contributed by atoms with Crippen molar-refractivity contribution in [1.29, 1.82) is 0 Å². The number of aromatic nitrogens is 1. The van der Waals surface area contributed by atoms with Crippen LogP contribution in [0, 0.1) is 6.92 Å². The zero-order valence-electron chi connectivity index (χ0n) is 18.1. The Labute approximate surface area is 187 Å². The molecule has 2 heterocycles. The SMILES string of the molecule is C=C(Sc1ccccc1)C(=O)NC1=CCC=c2nc(N3CCN(C)CC3)cc(C)c2=C1. The fourth-order valence-electron chi connectivity index (χ4n) is 3.71. The van der Waals surface area contributed by atoms with Gasteiger partial charge in [-0.3, -0.25) is 4.79 Å². The van der Waals surface area contributed by atoms with Crippen molar-refractivity contribution in [2.24, 2.45) is 0 Å². The highest BCUT2D eigenvalue weighted by atomic mass is 32.2. The van der Waals surface area contributed by atoms with Crippen LogP contribution in [0.1, 0.15) is 12.0 Å². The number of nitrogens with zero attached hydrogens (tertiary/aromatic N) is 3. The van der Waals surface area contributed by atoms with E-state index in [4.69, 9.17) is 4.98 Å². The third-order valence-electron chi connectivity index (χ3n) is 5.55. The van der Waals surface area contributed by atoms with E-state index >= 15 is 0 Å². The number of carbonyl (C=O) groups excluding carboxylic acids is 1. The lowest BCUT2D eigenvalue weighted by atomic mass is 10.1. The molecule has 2 aliphatic rings. The van der Waals surface area contributed by atoms with Gasteiger partial charge in [0.05, 0.1) is 10.3 Å². The van der Waals surface area contributed by atoms with E-state index in [2.05, 4.69) is 47.8 Å². The Morgan fingerprint density at radius 1 is 1.13 bits per heavy atom. The number of thioether (sulfide) groups is 1. The summed E-state index contributed by atoms with van der Waals surface area (Å²) in [7, 11) is 2.16. The first-order valence-corrected chi connectivity index (χ1v) is 11.4. The number of fused-ring (bicyclic) bond motifs is 1. The molecular formula is C25H28N4OS. The molecule has 1 amide bonds. The Morgan fingerprint density at radius 3 is 2.61 bits per heavy atom. The highest BCUT2D eigenvalue weighted by molar-refractivity contribution is 8.04. The number of amides is 1. The van der Waals surface area contributed by atoms with Gasteiger partial charge in [0.25, 0.3) is 5.91 Å². The van der Waals surface area contributed by atoms with Crippen LogP contribution in [0.5, 0.6) is 0 Å². The highest BCUT2D eigenvalue weighted by Crippen LogP contribution is 2.25. The van der Waals surface area contributed by atoms with E-state index in [1.165, 1.54) is 11.8 Å². The van der Waals surface area contributed by atoms with Crippen LogP contribution in [0.3, 0.4) is 0 Å². The molecule has 0 atom stereocenters. The van der Waals surface area contributed by atoms with Gasteiger partial charge in [0.1, 0.15) is 5.82 Å². The van der Waals surface area contributed by atoms with E-state index in [0.29, 0.717) is 4.91 Å². The molecule has 0 bridgehead atoms. The summed E-state index contributed by atoms with van der Waals surface area (Å²) in [5.74, 6) is 0.855. The maximum atomic E-state index is 12.7. The zero-order chi connectivity index (χ0) is 21.8. The topological polar surface area (TPSA) is 48.5 Å². The molecule has 1 aromatic carbocycles. The van der Waals surface area contributed by atoms with Gasteiger partial charge in [-0.25, -0.2) is 4.98 Å². The summed E-state index contributed by atoms with van der Waals surface area (Å²) >= 11 is 1.38. The van der Waals surface area contributed by atoms with E-state index in [-0.39, 0.29) is 5.91 Å². The second-order valence-corrected chi connectivity index (χ2v) is 9.09. The van der Waals surface area contributed by atoms with Crippen LogP contribution in [0.25, 0.3) is 12.2 Å². The predicted octanol–water partition coefficient (Wildman–Crippen LogP) is 2.41. The van der Waals surface area contributed by atoms with Gasteiger partial charge in [0, 0.05) is 42.0 Å². The monoisotopic (exact) mass is 432 g/mol. The summed E-state index contributed by atoms with van der Waals surface area (Å²) in [6.07, 6.45) is 6.89. The van der Waals surface area contributed by atoms with Crippen LogP contribution in [-0.4, -0.2) is 49.0 Å². The fourth-order valence-corrected chi connectivity index (χ4v) is 4.43. The molecule has 6 heteroatoms. The fraction of sp³-hybridized carbons (Fsp3) is 0.280. The number of allylic oxidation sites excluding steroid dienone is 2. The largest absolute Gasteiger partial charge is 0.354 e. The first kappa shape index (κ1) is 21.4. The van der Waals surface area contributed by atoms with E-state index in [9.17, 15) is 4.79 Å². The van der Waals surface area contributed by atoms with Gasteiger partial charge in [-0.15, -0.1) is 0 Å². The molecule has 1 saturated heterocycles. The van der Waals surface area contributed by atoms with Crippen LogP contribution in [0.4, 0.5) is 5.82 Å². The molecule has 1 aromatic heterocycles. The first-order chi connectivity index (χ1) is 15.0. The summed E-state index contributed by atoms with van der Waals surface area (Å²) < 4.78 is 0. The molecule has 0 saturated carbocycles. The van der Waals surface area contributed by atoms with Gasteiger partial charge in [-0.2, -0.15) is 0 Å². The van der Waals surface area contributed by atoms with Crippen LogP contribution in [0.2, 0.25) is 0 Å². The standard InChI is InChI=1S/C25H28N4OS/c1-18-16-24(29-14-12-28(3)13-15-29)27-23-11-7-8-20(17-22(18)23)26-25(30)19(2)31-21-9-5-4-6-10-21/h4-6,8-11,16-17H,2,7,12-15H2,1,3H3,(H,26,30). The summed E-state index contributed by atoms with van der Waals surface area (Å²) in [6.45, 7) is 10.1. The number of pyridine rings is 1. The third-order valence-corrected chi connectivity index (χ3v) is 6.49. The number of likely N-dealkylation sites (N-methyl/N-ethyl adjacent to an activating group) is 1. The molecule has 1 N–H and O–H groups in total. The molecule has 2 aromatic rings. The third kappa shape index (κ3) is 5.27. The Morgan fingerprint density at radius 2 is 1.87 bits per heavy atom. The minimum absolute atomic E-state index is 0.181. The minimum Gasteiger partial charge on any atom is -0.354 e. The molecule has 0 spiro atoms. The number of rotatable bonds is 5. The molecule has 160 valence electrons. The number of nitrogens with one attached hydrogen (secondary N) is 1. The Bertz CT molecular complexity index is 1130. The average Bonchev–Trinajstić information content (AvgIpc) is 2.97. The van der Waals surface area contributed by atoms with Crippen molar-refractivity contribution in [2.45, 2.75) is 18.2 Å². The van der Waals surface area contributed by atoms with Crippen molar-refractivity contribution in [3.8, 4) is 0 Å². The maximum absolute atomic E-state index is 12.7. The average molecular weight is 433 g/mol. The van der Waals surface area contributed by atoms with Crippen molar-refractivity contribution in [3.63, 3.8) is 0 Å². The Balaban J connectivity index is 1.51. The maximum Gasteiger partial charge on any atom is 0.261 e. The van der Waals surface area contributed by atoms with Gasteiger partial charge in [0.2, 0.25) is 0 Å². The molecule has 5 nitrogen and oxygen atoms in total. The molecule has 1 aliphatic heterocycles. The van der Waals surface area contributed by atoms with Gasteiger partial charge < -0.3 is 15.1 Å². The van der Waals surface area contributed by atoms with Crippen molar-refractivity contribution in [2.75, 3.05) is 38.1 Å². The Hall–Kier alpha value is -2.83. The number of aryl methyl sites for hydroxylation is 1. The van der Waals surface area contributed by atoms with Crippen molar-refractivity contribution in [3.05, 3.63) is 75.8 Å². The lowest BCUT2D eigenvalue weighted by Crippen LogP contribution is -2.46. The van der Waals surface area contributed by atoms with Gasteiger partial charge in [-0.1, -0.05) is 48.7 Å². The lowest BCUT2D eigenvalue weighted by Gasteiger charge is -2.33. The number of anilines is 1. The quantitative estimate of drug-likeness (QED) is 0.581. The summed E-state index contributed by atoms with van der Waals surface area (Å²) in [5.41, 5.74) is 1.95. The normalized spacial score (nSPS) is 16.3. The van der Waals surface area contributed by atoms with Crippen LogP contribution >= 0.6 is 11.8 Å². The second-order valence-electron chi connectivity index (χ2n) is 7.92. The molecule has 4 rings (SSSR count). The molecule has 0 radical (unpaired) electrons. The van der Waals surface area contributed by atoms with E-state index < -0.39 is 0 Å². The van der Waals surface area contributed by atoms with Crippen LogP contribution < -0.4 is 20.8 Å². The van der Waals surface area contributed by atoms with Crippen LogP contribution in [-0.2, 0) is 4.79 Å². The van der Waals surface area contributed by atoms with E-state index in [0.717, 1.165) is 65.1 Å². The zero-order valence-corrected chi connectivity index (χ0v) is 18.9. The second kappa shape index (κ2) is 9.54. The molecule has 0 unspecified atom stereocenters. The number of hydrogen-bond donors (Lipinski definition) is 1. The number of benzene rings is 1.